The molecule has 2 N–H and O–H groups in total. The largest absolute Gasteiger partial charge is 0.494 e. The molecule has 0 amide bonds. The summed E-state index contributed by atoms with van der Waals surface area (Å²) in [6, 6.07) is 7.74. The maximum Gasteiger partial charge on any atom is 0.166 e. The lowest BCUT2D eigenvalue weighted by atomic mass is 9.96. The van der Waals surface area contributed by atoms with Gasteiger partial charge in [0.05, 0.1) is 22.8 Å². The van der Waals surface area contributed by atoms with Crippen LogP contribution in [-0.2, 0) is 6.42 Å². The molecule has 3 aromatic rings. The third-order valence-corrected chi connectivity index (χ3v) is 7.04. The summed E-state index contributed by atoms with van der Waals surface area (Å²) in [4.78, 5) is 19.7. The number of nitrogens with one attached hydrogen (secondary N) is 2. The average molecular weight is 500 g/mol. The first kappa shape index (κ1) is 25.9. The summed E-state index contributed by atoms with van der Waals surface area (Å²) < 4.78 is 5.97. The molecule has 0 aliphatic heterocycles. The number of aromatic amines is 1. The summed E-state index contributed by atoms with van der Waals surface area (Å²) in [5, 5.41) is 5.55. The van der Waals surface area contributed by atoms with Crippen molar-refractivity contribution in [2.45, 2.75) is 40.5 Å². The molecule has 7 heteroatoms. The minimum atomic E-state index is 0.525. The number of nitrogens with zero attached hydrogens (tertiary/aromatic N) is 1. The Balaban J connectivity index is 1.94. The van der Waals surface area contributed by atoms with Crippen LogP contribution >= 0.6 is 23.2 Å². The molecule has 0 aliphatic rings. The smallest absolute Gasteiger partial charge is 0.166 e. The Morgan fingerprint density at radius 2 is 1.85 bits per heavy atom. The number of aliphatic imine (C=N–C) groups is 1. The molecule has 5 nitrogen and oxygen atoms in total. The van der Waals surface area contributed by atoms with Crippen LogP contribution in [0, 0.1) is 13.8 Å². The van der Waals surface area contributed by atoms with Gasteiger partial charge in [0.25, 0.3) is 0 Å². The predicted molar refractivity (Wildman–Crippen MR) is 144 cm³/mol. The Labute approximate surface area is 211 Å². The number of carbonyl (C=O) groups is 1. The number of halogens is 2. The van der Waals surface area contributed by atoms with E-state index in [0.29, 0.717) is 23.7 Å². The summed E-state index contributed by atoms with van der Waals surface area (Å²) >= 11 is 12.9. The maximum atomic E-state index is 11.9. The van der Waals surface area contributed by atoms with Crippen LogP contribution in [0.2, 0.25) is 10.0 Å². The highest BCUT2D eigenvalue weighted by Crippen LogP contribution is 2.36. The van der Waals surface area contributed by atoms with Crippen LogP contribution < -0.4 is 10.1 Å². The topological polar surface area (TPSA) is 66.5 Å². The van der Waals surface area contributed by atoms with E-state index < -0.39 is 0 Å². The number of hydrogen-bond donors (Lipinski definition) is 2. The van der Waals surface area contributed by atoms with Gasteiger partial charge in [0.1, 0.15) is 5.75 Å². The lowest BCUT2D eigenvalue weighted by Gasteiger charge is -2.15. The number of aromatic nitrogens is 1. The van der Waals surface area contributed by atoms with Gasteiger partial charge in [0.15, 0.2) is 6.29 Å². The molecule has 1 heterocycles. The quantitative estimate of drug-likeness (QED) is 0.190. The molecule has 0 aliphatic carbocycles. The van der Waals surface area contributed by atoms with Crippen molar-refractivity contribution in [3.63, 3.8) is 0 Å². The minimum absolute atomic E-state index is 0.525. The third-order valence-electron chi connectivity index (χ3n) is 6.13. The molecule has 0 atom stereocenters. The molecule has 0 bridgehead atoms. The summed E-state index contributed by atoms with van der Waals surface area (Å²) in [5.74, 6) is 0.801. The van der Waals surface area contributed by atoms with Gasteiger partial charge in [-0.3, -0.25) is 9.79 Å². The van der Waals surface area contributed by atoms with Gasteiger partial charge in [-0.05, 0) is 75.4 Å². The second-order valence-corrected chi connectivity index (χ2v) is 9.15. The monoisotopic (exact) mass is 499 g/mol. The number of aryl methyl sites for hydroxylation is 3. The highest BCUT2D eigenvalue weighted by atomic mass is 35.5. The molecule has 0 saturated carbocycles. The van der Waals surface area contributed by atoms with Crippen molar-refractivity contribution in [3.05, 3.63) is 68.0 Å². The van der Waals surface area contributed by atoms with Gasteiger partial charge in [-0.25, -0.2) is 0 Å². The first-order chi connectivity index (χ1) is 16.2. The number of H-pyrrole nitrogens is 1. The molecule has 0 saturated heterocycles. The number of allylic oxidation sites excluding steroid dienone is 2. The lowest BCUT2D eigenvalue weighted by molar-refractivity contribution is 0.111. The van der Waals surface area contributed by atoms with Gasteiger partial charge in [0.2, 0.25) is 0 Å². The lowest BCUT2D eigenvalue weighted by Crippen LogP contribution is -2.11. The molecule has 1 aromatic heterocycles. The number of rotatable bonds is 9. The minimum Gasteiger partial charge on any atom is -0.494 e. The van der Waals surface area contributed by atoms with E-state index >= 15 is 0 Å². The predicted octanol–water partition coefficient (Wildman–Crippen LogP) is 6.96. The zero-order valence-corrected chi connectivity index (χ0v) is 22.0. The van der Waals surface area contributed by atoms with Gasteiger partial charge in [-0.15, -0.1) is 0 Å². The molecular formula is C27H31Cl2N3O2. The molecule has 180 valence electrons. The Kier molecular flexibility index (Phi) is 8.45. The Hall–Kier alpha value is -2.76. The fraction of sp³-hybridized carbons (Fsp3) is 0.333. The van der Waals surface area contributed by atoms with Crippen molar-refractivity contribution in [3.8, 4) is 5.75 Å². The van der Waals surface area contributed by atoms with Crippen molar-refractivity contribution < 1.29 is 9.53 Å². The van der Waals surface area contributed by atoms with E-state index in [1.165, 1.54) is 0 Å². The Morgan fingerprint density at radius 1 is 1.18 bits per heavy atom. The van der Waals surface area contributed by atoms with E-state index in [0.717, 1.165) is 73.6 Å². The second kappa shape index (κ2) is 11.1. The van der Waals surface area contributed by atoms with Crippen molar-refractivity contribution >= 4 is 51.7 Å². The fourth-order valence-electron chi connectivity index (χ4n) is 4.23. The molecule has 0 radical (unpaired) electrons. The van der Waals surface area contributed by atoms with Gasteiger partial charge < -0.3 is 15.0 Å². The normalized spacial score (nSPS) is 12.6. The zero-order chi connectivity index (χ0) is 25.0. The molecule has 0 fully saturated rings. The number of fused-ring (bicyclic) bond motifs is 1. The summed E-state index contributed by atoms with van der Waals surface area (Å²) in [6.07, 6.45) is 2.31. The number of benzene rings is 2. The highest BCUT2D eigenvalue weighted by molar-refractivity contribution is 6.37. The van der Waals surface area contributed by atoms with Crippen LogP contribution in [0.15, 0.2) is 35.0 Å². The number of ether oxygens (including phenoxy) is 1. The fourth-order valence-corrected chi connectivity index (χ4v) is 4.59. The van der Waals surface area contributed by atoms with Crippen LogP contribution in [0.4, 0.5) is 0 Å². The van der Waals surface area contributed by atoms with Crippen LogP contribution in [0.25, 0.3) is 16.5 Å². The number of carbonyl (C=O) groups excluding carboxylic acids is 1. The maximum absolute atomic E-state index is 11.9. The SMILES string of the molecule is CN=C(C)/C(=C(/C)NC)c1c(Cl)ccc2c(CCCOc3cc(C)c(Cl)c(C)c3)c(C=O)[nH]c12. The van der Waals surface area contributed by atoms with Crippen LogP contribution in [0.5, 0.6) is 5.75 Å². The van der Waals surface area contributed by atoms with Gasteiger partial charge >= 0.3 is 0 Å². The highest BCUT2D eigenvalue weighted by Gasteiger charge is 2.21. The van der Waals surface area contributed by atoms with Crippen molar-refractivity contribution in [2.24, 2.45) is 4.99 Å². The number of hydrogen-bond acceptors (Lipinski definition) is 4. The molecule has 0 unspecified atom stereocenters. The first-order valence-electron chi connectivity index (χ1n) is 11.2. The van der Waals surface area contributed by atoms with E-state index in [-0.39, 0.29) is 0 Å². The van der Waals surface area contributed by atoms with Crippen molar-refractivity contribution in [1.82, 2.24) is 10.3 Å². The Bertz CT molecular complexity index is 1270. The molecule has 34 heavy (non-hydrogen) atoms. The molecule has 0 spiro atoms. The Morgan fingerprint density at radius 3 is 2.44 bits per heavy atom. The first-order valence-corrected chi connectivity index (χ1v) is 12.0. The van der Waals surface area contributed by atoms with E-state index in [9.17, 15) is 4.79 Å². The molecular weight excluding hydrogens is 469 g/mol. The third kappa shape index (κ3) is 5.16. The van der Waals surface area contributed by atoms with Gasteiger partial charge in [-0.1, -0.05) is 29.3 Å². The summed E-state index contributed by atoms with van der Waals surface area (Å²) in [6.45, 7) is 8.40. The second-order valence-electron chi connectivity index (χ2n) is 8.36. The molecule has 2 aromatic carbocycles. The van der Waals surface area contributed by atoms with Crippen LogP contribution in [0.3, 0.4) is 0 Å². The van der Waals surface area contributed by atoms with E-state index in [4.69, 9.17) is 27.9 Å². The average Bonchev–Trinajstić information content (AvgIpc) is 3.18. The zero-order valence-electron chi connectivity index (χ0n) is 20.5. The van der Waals surface area contributed by atoms with Crippen molar-refractivity contribution in [1.29, 1.82) is 0 Å². The van der Waals surface area contributed by atoms with E-state index in [1.54, 1.807) is 7.05 Å². The van der Waals surface area contributed by atoms with Crippen molar-refractivity contribution in [2.75, 3.05) is 20.7 Å². The van der Waals surface area contributed by atoms with E-state index in [2.05, 4.69) is 15.3 Å². The standard InChI is InChI=1S/C27H31Cl2N3O2/c1-15-12-19(13-16(2)26(15)29)34-11-7-8-20-21-9-10-22(28)25(27(21)32-23(20)14-33)24(17(3)30-5)18(4)31-6/h9-10,12-14,30,32H,7-8,11H2,1-6H3/b24-17+,31-18?. The van der Waals surface area contributed by atoms with Gasteiger partial charge in [0, 0.05) is 47.0 Å². The summed E-state index contributed by atoms with van der Waals surface area (Å²) in [7, 11) is 3.62. The summed E-state index contributed by atoms with van der Waals surface area (Å²) in [5.41, 5.74) is 7.90. The van der Waals surface area contributed by atoms with Crippen LogP contribution in [0.1, 0.15) is 53.0 Å². The van der Waals surface area contributed by atoms with Gasteiger partial charge in [-0.2, -0.15) is 0 Å². The molecule has 3 rings (SSSR count). The van der Waals surface area contributed by atoms with Crippen LogP contribution in [-0.4, -0.2) is 37.7 Å². The van der Waals surface area contributed by atoms with E-state index in [1.807, 2.05) is 59.0 Å². The number of aldehydes is 1.